The Morgan fingerprint density at radius 2 is 2.04 bits per heavy atom. The molecule has 3 rings (SSSR count). The van der Waals surface area contributed by atoms with E-state index in [-0.39, 0.29) is 30.7 Å². The number of aliphatic hydroxyl groups excluding tert-OH is 1. The molecule has 0 spiro atoms. The Morgan fingerprint density at radius 3 is 2.63 bits per heavy atom. The highest BCUT2D eigenvalue weighted by atomic mass is 79.9. The molecule has 6 nitrogen and oxygen atoms in total. The van der Waals surface area contributed by atoms with Crippen LogP contribution in [0.15, 0.2) is 45.5 Å². The smallest absolute Gasteiger partial charge is 0.169 e. The second-order valence-corrected chi connectivity index (χ2v) is 10.1. The lowest BCUT2D eigenvalue weighted by atomic mass is 10.2. The van der Waals surface area contributed by atoms with E-state index in [9.17, 15) is 13.5 Å². The lowest BCUT2D eigenvalue weighted by molar-refractivity contribution is 0.0496. The van der Waals surface area contributed by atoms with E-state index in [2.05, 4.69) is 15.9 Å². The van der Waals surface area contributed by atoms with Crippen molar-refractivity contribution in [3.05, 3.63) is 51.9 Å². The highest BCUT2D eigenvalue weighted by Gasteiger charge is 2.33. The first-order chi connectivity index (χ1) is 12.8. The van der Waals surface area contributed by atoms with E-state index in [1.54, 1.807) is 30.3 Å². The summed E-state index contributed by atoms with van der Waals surface area (Å²) in [6.45, 7) is 0.801. The van der Waals surface area contributed by atoms with Crippen LogP contribution in [0.1, 0.15) is 12.2 Å². The molecule has 27 heavy (non-hydrogen) atoms. The van der Waals surface area contributed by atoms with Gasteiger partial charge in [-0.05, 0) is 58.7 Å². The fraction of sp³-hybridized carbons (Fsp3) is 0.444. The molecule has 0 bridgehead atoms. The normalized spacial score (nSPS) is 20.1. The van der Waals surface area contributed by atoms with Crippen molar-refractivity contribution >= 4 is 37.4 Å². The number of nitrogens with zero attached hydrogens (tertiary/aromatic N) is 1. The van der Waals surface area contributed by atoms with Crippen molar-refractivity contribution in [2.45, 2.75) is 25.1 Å². The summed E-state index contributed by atoms with van der Waals surface area (Å²) in [6.07, 6.45) is -0.225. The summed E-state index contributed by atoms with van der Waals surface area (Å²) in [7, 11) is -3.03. The van der Waals surface area contributed by atoms with Crippen LogP contribution in [0, 0.1) is 0 Å². The predicted molar refractivity (Wildman–Crippen MR) is 107 cm³/mol. The molecule has 0 radical (unpaired) electrons. The highest BCUT2D eigenvalue weighted by molar-refractivity contribution is 9.10. The maximum absolute atomic E-state index is 11.9. The minimum absolute atomic E-state index is 0.0967. The van der Waals surface area contributed by atoms with Gasteiger partial charge in [0.1, 0.15) is 24.2 Å². The van der Waals surface area contributed by atoms with Crippen LogP contribution in [-0.2, 0) is 16.4 Å². The molecule has 2 unspecified atom stereocenters. The summed E-state index contributed by atoms with van der Waals surface area (Å²) in [5, 5.41) is 11.0. The van der Waals surface area contributed by atoms with Crippen LogP contribution in [0.25, 0.3) is 0 Å². The van der Waals surface area contributed by atoms with Gasteiger partial charge in [-0.3, -0.25) is 4.90 Å². The van der Waals surface area contributed by atoms with Gasteiger partial charge < -0.3 is 14.3 Å². The molecule has 1 aromatic heterocycles. The van der Waals surface area contributed by atoms with Crippen LogP contribution in [0.5, 0.6) is 5.75 Å². The zero-order chi connectivity index (χ0) is 19.4. The average molecular weight is 479 g/mol. The number of halogens is 2. The van der Waals surface area contributed by atoms with Crippen molar-refractivity contribution in [3.63, 3.8) is 0 Å². The lowest BCUT2D eigenvalue weighted by Crippen LogP contribution is -2.42. The van der Waals surface area contributed by atoms with Gasteiger partial charge in [0.05, 0.1) is 18.1 Å². The zero-order valence-corrected chi connectivity index (χ0v) is 17.7. The first kappa shape index (κ1) is 20.7. The average Bonchev–Trinajstić information content (AvgIpc) is 3.18. The molecule has 0 amide bonds. The number of ether oxygens (including phenoxy) is 1. The van der Waals surface area contributed by atoms with Crippen molar-refractivity contribution in [2.24, 2.45) is 0 Å². The first-order valence-corrected chi connectivity index (χ1v) is 11.5. The number of hydrogen-bond acceptors (Lipinski definition) is 6. The van der Waals surface area contributed by atoms with E-state index >= 15 is 0 Å². The van der Waals surface area contributed by atoms with Crippen LogP contribution in [0.2, 0.25) is 5.02 Å². The number of sulfone groups is 1. The first-order valence-electron chi connectivity index (χ1n) is 8.56. The number of furan rings is 1. The van der Waals surface area contributed by atoms with Crippen LogP contribution in [0.4, 0.5) is 0 Å². The number of benzene rings is 1. The zero-order valence-electron chi connectivity index (χ0n) is 14.6. The summed E-state index contributed by atoms with van der Waals surface area (Å²) in [6, 6.07) is 10.4. The third kappa shape index (κ3) is 6.22. The predicted octanol–water partition coefficient (Wildman–Crippen LogP) is 3.12. The van der Waals surface area contributed by atoms with Gasteiger partial charge in [-0.15, -0.1) is 0 Å². The van der Waals surface area contributed by atoms with Crippen LogP contribution < -0.4 is 4.74 Å². The van der Waals surface area contributed by atoms with Gasteiger partial charge in [-0.25, -0.2) is 8.42 Å². The lowest BCUT2D eigenvalue weighted by Gasteiger charge is -2.29. The maximum Gasteiger partial charge on any atom is 0.169 e. The molecular formula is C18H21BrClNO5S. The molecule has 2 heterocycles. The van der Waals surface area contributed by atoms with Crippen molar-refractivity contribution in [1.82, 2.24) is 4.90 Å². The van der Waals surface area contributed by atoms with Gasteiger partial charge in [0.2, 0.25) is 0 Å². The number of hydrogen-bond donors (Lipinski definition) is 1. The molecule has 1 N–H and O–H groups in total. The summed E-state index contributed by atoms with van der Waals surface area (Å²) < 4.78 is 35.5. The second kappa shape index (κ2) is 8.96. The summed E-state index contributed by atoms with van der Waals surface area (Å²) in [5.74, 6) is 1.59. The SMILES string of the molecule is O=S1(=O)CCC(N(Cc2ccc(Br)o2)CC(O)COc2ccc(Cl)cc2)C1. The van der Waals surface area contributed by atoms with Gasteiger partial charge in [-0.1, -0.05) is 11.6 Å². The largest absolute Gasteiger partial charge is 0.491 e. The quantitative estimate of drug-likeness (QED) is 0.628. The third-order valence-electron chi connectivity index (χ3n) is 4.41. The Kier molecular flexibility index (Phi) is 6.86. The molecule has 1 aliphatic heterocycles. The monoisotopic (exact) mass is 477 g/mol. The molecule has 1 aromatic carbocycles. The molecule has 2 atom stereocenters. The van der Waals surface area contributed by atoms with Gasteiger partial charge in [0.15, 0.2) is 14.5 Å². The third-order valence-corrected chi connectivity index (χ3v) is 6.84. The number of aliphatic hydroxyl groups is 1. The van der Waals surface area contributed by atoms with Gasteiger partial charge >= 0.3 is 0 Å². The van der Waals surface area contributed by atoms with E-state index < -0.39 is 15.9 Å². The van der Waals surface area contributed by atoms with E-state index in [1.807, 2.05) is 11.0 Å². The van der Waals surface area contributed by atoms with Crippen molar-refractivity contribution < 1.29 is 22.7 Å². The van der Waals surface area contributed by atoms with Crippen LogP contribution in [-0.4, -0.2) is 55.2 Å². The van der Waals surface area contributed by atoms with E-state index in [0.717, 1.165) is 0 Å². The van der Waals surface area contributed by atoms with Gasteiger partial charge in [0, 0.05) is 17.6 Å². The summed E-state index contributed by atoms with van der Waals surface area (Å²) in [4.78, 5) is 1.95. The highest BCUT2D eigenvalue weighted by Crippen LogP contribution is 2.23. The molecular weight excluding hydrogens is 458 g/mol. The van der Waals surface area contributed by atoms with Crippen molar-refractivity contribution in [2.75, 3.05) is 24.7 Å². The molecule has 1 aliphatic rings. The minimum atomic E-state index is -3.03. The molecule has 2 aromatic rings. The molecule has 0 aliphatic carbocycles. The molecule has 148 valence electrons. The molecule has 1 saturated heterocycles. The van der Waals surface area contributed by atoms with Crippen LogP contribution in [0.3, 0.4) is 0 Å². The Labute approximate surface area is 172 Å². The molecule has 9 heteroatoms. The summed E-state index contributed by atoms with van der Waals surface area (Å²) >= 11 is 9.12. The van der Waals surface area contributed by atoms with Gasteiger partial charge in [0.25, 0.3) is 0 Å². The number of rotatable bonds is 8. The second-order valence-electron chi connectivity index (χ2n) is 6.61. The maximum atomic E-state index is 11.9. The van der Waals surface area contributed by atoms with Crippen molar-refractivity contribution in [3.8, 4) is 5.75 Å². The Hall–Kier alpha value is -1.06. The van der Waals surface area contributed by atoms with E-state index in [4.69, 9.17) is 20.8 Å². The fourth-order valence-electron chi connectivity index (χ4n) is 3.09. The van der Waals surface area contributed by atoms with Crippen LogP contribution >= 0.6 is 27.5 Å². The van der Waals surface area contributed by atoms with E-state index in [0.29, 0.717) is 34.2 Å². The van der Waals surface area contributed by atoms with Gasteiger partial charge in [-0.2, -0.15) is 0 Å². The molecule has 0 saturated carbocycles. The Balaban J connectivity index is 1.61. The Morgan fingerprint density at radius 1 is 1.30 bits per heavy atom. The molecule has 1 fully saturated rings. The van der Waals surface area contributed by atoms with E-state index in [1.165, 1.54) is 0 Å². The summed E-state index contributed by atoms with van der Waals surface area (Å²) in [5.41, 5.74) is 0. The minimum Gasteiger partial charge on any atom is -0.491 e. The standard InChI is InChI=1S/C18H21BrClNO5S/c19-18-6-5-17(26-18)10-21(14-7-8-27(23,24)12-14)9-15(22)11-25-16-3-1-13(20)2-4-16/h1-6,14-15,22H,7-12H2. The fourth-order valence-corrected chi connectivity index (χ4v) is 5.32. The van der Waals surface area contributed by atoms with Crippen molar-refractivity contribution in [1.29, 1.82) is 0 Å². The Bertz CT molecular complexity index is 855. The topological polar surface area (TPSA) is 80.0 Å².